The van der Waals surface area contributed by atoms with Crippen LogP contribution in [0.15, 0.2) is 0 Å². The molecule has 0 aromatic rings. The molecule has 1 rings (SSSR count). The van der Waals surface area contributed by atoms with E-state index in [1.807, 2.05) is 0 Å². The maximum Gasteiger partial charge on any atom is 0.410 e. The molecule has 1 heterocycles. The molecule has 80 valence electrons. The Morgan fingerprint density at radius 3 is 2.29 bits per heavy atom. The summed E-state index contributed by atoms with van der Waals surface area (Å²) >= 11 is 0. The molecule has 5 heteroatoms. The van der Waals surface area contributed by atoms with E-state index in [0.29, 0.717) is 0 Å². The van der Waals surface area contributed by atoms with Gasteiger partial charge in [0.25, 0.3) is 5.91 Å². The first-order chi connectivity index (χ1) is 6.47. The van der Waals surface area contributed by atoms with Crippen LogP contribution in [-0.2, 0) is 9.53 Å². The van der Waals surface area contributed by atoms with E-state index < -0.39 is 11.7 Å². The molecule has 0 atom stereocenters. The van der Waals surface area contributed by atoms with E-state index in [1.165, 1.54) is 7.05 Å². The monoisotopic (exact) mass is 200 g/mol. The Balaban J connectivity index is 2.48. The van der Waals surface area contributed by atoms with Gasteiger partial charge in [-0.2, -0.15) is 0 Å². The lowest BCUT2D eigenvalue weighted by atomic mass is 10.1. The van der Waals surface area contributed by atoms with Crippen LogP contribution in [-0.4, -0.2) is 42.6 Å². The molecule has 2 amide bonds. The molecule has 1 saturated heterocycles. The highest BCUT2D eigenvalue weighted by atomic mass is 16.6. The van der Waals surface area contributed by atoms with Gasteiger partial charge in [0.1, 0.15) is 0 Å². The van der Waals surface area contributed by atoms with Crippen molar-refractivity contribution >= 4 is 12.0 Å². The fourth-order valence-electron chi connectivity index (χ4n) is 1.13. The summed E-state index contributed by atoms with van der Waals surface area (Å²) in [5.74, 6) is -0.300. The highest BCUT2D eigenvalue weighted by Gasteiger charge is 2.34. The van der Waals surface area contributed by atoms with Crippen molar-refractivity contribution in [2.45, 2.75) is 25.9 Å². The number of carbonyl (C=O) groups excluding carboxylic acids is 2. The van der Waals surface area contributed by atoms with Crippen LogP contribution in [0.1, 0.15) is 20.3 Å². The van der Waals surface area contributed by atoms with Crippen LogP contribution < -0.4 is 5.32 Å². The first-order valence-corrected chi connectivity index (χ1v) is 4.67. The zero-order valence-electron chi connectivity index (χ0n) is 8.79. The zero-order chi connectivity index (χ0) is 10.8. The van der Waals surface area contributed by atoms with E-state index in [9.17, 15) is 9.59 Å². The second-order valence-electron chi connectivity index (χ2n) is 3.80. The maximum absolute atomic E-state index is 11.4. The Bertz CT molecular complexity index is 246. The average molecular weight is 200 g/mol. The van der Waals surface area contributed by atoms with Gasteiger partial charge in [0.15, 0.2) is 5.60 Å². The van der Waals surface area contributed by atoms with Gasteiger partial charge in [0.05, 0.1) is 0 Å². The van der Waals surface area contributed by atoms with Crippen LogP contribution >= 0.6 is 0 Å². The third-order valence-corrected chi connectivity index (χ3v) is 2.23. The molecule has 1 aliphatic heterocycles. The summed E-state index contributed by atoms with van der Waals surface area (Å²) < 4.78 is 5.07. The molecular weight excluding hydrogens is 184 g/mol. The predicted octanol–water partition coefficient (Wildman–Crippen LogP) is 0.353. The number of hydrogen-bond donors (Lipinski definition) is 1. The summed E-state index contributed by atoms with van der Waals surface area (Å²) in [6, 6.07) is 0. The van der Waals surface area contributed by atoms with Crippen molar-refractivity contribution < 1.29 is 14.3 Å². The minimum Gasteiger partial charge on any atom is -0.433 e. The summed E-state index contributed by atoms with van der Waals surface area (Å²) in [6.07, 6.45) is 0.597. The number of ether oxygens (including phenoxy) is 1. The van der Waals surface area contributed by atoms with Crippen LogP contribution in [0.2, 0.25) is 0 Å². The lowest BCUT2D eigenvalue weighted by Gasteiger charge is -2.33. The topological polar surface area (TPSA) is 58.6 Å². The van der Waals surface area contributed by atoms with E-state index >= 15 is 0 Å². The molecule has 0 aromatic carbocycles. The van der Waals surface area contributed by atoms with Crippen molar-refractivity contribution in [3.8, 4) is 0 Å². The summed E-state index contributed by atoms with van der Waals surface area (Å²) in [7, 11) is 1.52. The number of likely N-dealkylation sites (N-methyl/N-ethyl adjacent to an activating group) is 1. The van der Waals surface area contributed by atoms with Crippen LogP contribution in [0.25, 0.3) is 0 Å². The van der Waals surface area contributed by atoms with Crippen molar-refractivity contribution in [1.82, 2.24) is 10.2 Å². The molecule has 0 radical (unpaired) electrons. The molecular formula is C9H16N2O3. The van der Waals surface area contributed by atoms with Gasteiger partial charge in [-0.05, 0) is 20.3 Å². The quantitative estimate of drug-likeness (QED) is 0.700. The Labute approximate surface area is 83.4 Å². The lowest BCUT2D eigenvalue weighted by molar-refractivity contribution is -0.137. The van der Waals surface area contributed by atoms with Crippen molar-refractivity contribution in [2.24, 2.45) is 0 Å². The first-order valence-electron chi connectivity index (χ1n) is 4.67. The number of nitrogens with one attached hydrogen (secondary N) is 1. The highest BCUT2D eigenvalue weighted by molar-refractivity contribution is 5.86. The van der Waals surface area contributed by atoms with Gasteiger partial charge in [-0.3, -0.25) is 4.79 Å². The van der Waals surface area contributed by atoms with Gasteiger partial charge < -0.3 is 15.0 Å². The Hall–Kier alpha value is -1.26. The number of amides is 2. The third kappa shape index (κ3) is 2.16. The SMILES string of the molecule is CNC(=O)C(C)(C)OC(=O)N1CCC1. The number of rotatable bonds is 2. The zero-order valence-corrected chi connectivity index (χ0v) is 8.79. The summed E-state index contributed by atoms with van der Waals surface area (Å²) in [6.45, 7) is 4.60. The summed E-state index contributed by atoms with van der Waals surface area (Å²) in [4.78, 5) is 24.3. The molecule has 14 heavy (non-hydrogen) atoms. The van der Waals surface area contributed by atoms with E-state index in [2.05, 4.69) is 5.32 Å². The second-order valence-corrected chi connectivity index (χ2v) is 3.80. The minimum atomic E-state index is -1.10. The first kappa shape index (κ1) is 10.8. The largest absolute Gasteiger partial charge is 0.433 e. The van der Waals surface area contributed by atoms with Crippen molar-refractivity contribution in [3.63, 3.8) is 0 Å². The van der Waals surface area contributed by atoms with Gasteiger partial charge in [0.2, 0.25) is 0 Å². The number of hydrogen-bond acceptors (Lipinski definition) is 3. The molecule has 1 aliphatic rings. The van der Waals surface area contributed by atoms with Gasteiger partial charge >= 0.3 is 6.09 Å². The van der Waals surface area contributed by atoms with Gasteiger partial charge in [-0.25, -0.2) is 4.79 Å². The Morgan fingerprint density at radius 2 is 1.93 bits per heavy atom. The van der Waals surface area contributed by atoms with Gasteiger partial charge in [-0.1, -0.05) is 0 Å². The number of likely N-dealkylation sites (tertiary alicyclic amines) is 1. The van der Waals surface area contributed by atoms with Crippen molar-refractivity contribution in [2.75, 3.05) is 20.1 Å². The van der Waals surface area contributed by atoms with E-state index in [4.69, 9.17) is 4.74 Å². The lowest BCUT2D eigenvalue weighted by Crippen LogP contribution is -2.50. The molecule has 0 spiro atoms. The van der Waals surface area contributed by atoms with Crippen molar-refractivity contribution in [1.29, 1.82) is 0 Å². The van der Waals surface area contributed by atoms with E-state index in [-0.39, 0.29) is 5.91 Å². The fourth-order valence-corrected chi connectivity index (χ4v) is 1.13. The average Bonchev–Trinajstić information content (AvgIpc) is 1.98. The Kier molecular flexibility index (Phi) is 2.98. The second kappa shape index (κ2) is 3.86. The Morgan fingerprint density at radius 1 is 1.36 bits per heavy atom. The van der Waals surface area contributed by atoms with Crippen LogP contribution in [0.3, 0.4) is 0 Å². The van der Waals surface area contributed by atoms with E-state index in [0.717, 1.165) is 19.5 Å². The van der Waals surface area contributed by atoms with Crippen LogP contribution in [0.4, 0.5) is 4.79 Å². The molecule has 0 bridgehead atoms. The fraction of sp³-hybridized carbons (Fsp3) is 0.778. The maximum atomic E-state index is 11.4. The van der Waals surface area contributed by atoms with E-state index in [1.54, 1.807) is 18.7 Å². The smallest absolute Gasteiger partial charge is 0.410 e. The predicted molar refractivity (Wildman–Crippen MR) is 50.8 cm³/mol. The van der Waals surface area contributed by atoms with Gasteiger partial charge in [0, 0.05) is 20.1 Å². The van der Waals surface area contributed by atoms with Crippen molar-refractivity contribution in [3.05, 3.63) is 0 Å². The van der Waals surface area contributed by atoms with Crippen LogP contribution in [0, 0.1) is 0 Å². The number of carbonyl (C=O) groups is 2. The molecule has 0 saturated carbocycles. The normalized spacial score (nSPS) is 15.8. The molecule has 1 N–H and O–H groups in total. The molecule has 0 unspecified atom stereocenters. The minimum absolute atomic E-state index is 0.300. The standard InChI is InChI=1S/C9H16N2O3/c1-9(2,7(12)10-3)14-8(13)11-5-4-6-11/h4-6H2,1-3H3,(H,10,12). The highest BCUT2D eigenvalue weighted by Crippen LogP contribution is 2.15. The third-order valence-electron chi connectivity index (χ3n) is 2.23. The molecule has 1 fully saturated rings. The summed E-state index contributed by atoms with van der Waals surface area (Å²) in [5.41, 5.74) is -1.10. The van der Waals surface area contributed by atoms with Crippen LogP contribution in [0.5, 0.6) is 0 Å². The van der Waals surface area contributed by atoms with Gasteiger partial charge in [-0.15, -0.1) is 0 Å². The molecule has 0 aliphatic carbocycles. The molecule has 5 nitrogen and oxygen atoms in total. The molecule has 0 aromatic heterocycles. The number of nitrogens with zero attached hydrogens (tertiary/aromatic N) is 1. The summed E-state index contributed by atoms with van der Waals surface area (Å²) in [5, 5.41) is 2.45.